The third-order valence-electron chi connectivity index (χ3n) is 4.73. The molecular formula is C23H30N2O2. The molecule has 0 radical (unpaired) electrons. The van der Waals surface area contributed by atoms with E-state index < -0.39 is 5.97 Å². The first-order valence-electron chi connectivity index (χ1n) is 9.51. The van der Waals surface area contributed by atoms with Gasteiger partial charge in [-0.15, -0.1) is 0 Å². The number of carboxylic acid groups (broad SMARTS) is 1. The summed E-state index contributed by atoms with van der Waals surface area (Å²) in [5, 5.41) is 9.51. The summed E-state index contributed by atoms with van der Waals surface area (Å²) in [6.45, 7) is 10.5. The smallest absolute Gasteiger partial charge is 0.331 e. The van der Waals surface area contributed by atoms with Crippen LogP contribution in [0.2, 0.25) is 0 Å². The number of carbonyl (C=O) groups is 1. The number of hydrogen-bond acceptors (Lipinski definition) is 3. The highest BCUT2D eigenvalue weighted by atomic mass is 16.4. The van der Waals surface area contributed by atoms with Gasteiger partial charge < -0.3 is 10.8 Å². The second-order valence-corrected chi connectivity index (χ2v) is 7.41. The lowest BCUT2D eigenvalue weighted by Gasteiger charge is -2.20. The van der Waals surface area contributed by atoms with Crippen LogP contribution >= 0.6 is 0 Å². The Morgan fingerprint density at radius 2 is 1.85 bits per heavy atom. The van der Waals surface area contributed by atoms with Crippen molar-refractivity contribution in [3.05, 3.63) is 57.9 Å². The molecule has 3 N–H and O–H groups in total. The topological polar surface area (TPSA) is 76.2 Å². The maximum Gasteiger partial charge on any atom is 0.331 e. The molecule has 2 aromatic rings. The predicted octanol–water partition coefficient (Wildman–Crippen LogP) is 4.90. The molecule has 0 unspecified atom stereocenters. The van der Waals surface area contributed by atoms with E-state index in [-0.39, 0.29) is 0 Å². The maximum atomic E-state index is 11.6. The highest BCUT2D eigenvalue weighted by molar-refractivity contribution is 5.94. The Balaban J connectivity index is 2.85. The van der Waals surface area contributed by atoms with Gasteiger partial charge in [-0.2, -0.15) is 0 Å². The highest BCUT2D eigenvalue weighted by Crippen LogP contribution is 2.34. The number of aryl methyl sites for hydroxylation is 2. The minimum absolute atomic E-state index is 0.368. The van der Waals surface area contributed by atoms with Gasteiger partial charge in [0.05, 0.1) is 0 Å². The molecule has 1 aromatic carbocycles. The molecule has 0 atom stereocenters. The van der Waals surface area contributed by atoms with E-state index in [0.29, 0.717) is 24.5 Å². The number of carboxylic acids is 1. The molecule has 0 bridgehead atoms. The molecule has 2 rings (SSSR count). The fourth-order valence-electron chi connectivity index (χ4n) is 3.31. The molecule has 1 aromatic heterocycles. The average Bonchev–Trinajstić information content (AvgIpc) is 2.60. The average molecular weight is 367 g/mol. The number of aromatic nitrogens is 1. The van der Waals surface area contributed by atoms with Gasteiger partial charge in [0.25, 0.3) is 0 Å². The van der Waals surface area contributed by atoms with Gasteiger partial charge in [-0.05, 0) is 55.4 Å². The molecule has 4 heteroatoms. The van der Waals surface area contributed by atoms with Crippen LogP contribution < -0.4 is 5.73 Å². The predicted molar refractivity (Wildman–Crippen MR) is 111 cm³/mol. The molecule has 0 aliphatic carbocycles. The fourth-order valence-corrected chi connectivity index (χ4v) is 3.31. The Morgan fingerprint density at radius 1 is 1.22 bits per heavy atom. The second-order valence-electron chi connectivity index (χ2n) is 7.41. The summed E-state index contributed by atoms with van der Waals surface area (Å²) in [6.07, 6.45) is 3.06. The van der Waals surface area contributed by atoms with E-state index in [1.807, 2.05) is 13.8 Å². The molecule has 0 amide bonds. The van der Waals surface area contributed by atoms with Gasteiger partial charge in [0.15, 0.2) is 0 Å². The van der Waals surface area contributed by atoms with Gasteiger partial charge in [0.1, 0.15) is 0 Å². The van der Waals surface area contributed by atoms with Gasteiger partial charge in [-0.1, -0.05) is 50.6 Å². The van der Waals surface area contributed by atoms with E-state index in [1.165, 1.54) is 5.56 Å². The van der Waals surface area contributed by atoms with E-state index in [0.717, 1.165) is 40.1 Å². The third kappa shape index (κ3) is 4.83. The zero-order valence-electron chi connectivity index (χ0n) is 17.0. The molecule has 1 heterocycles. The summed E-state index contributed by atoms with van der Waals surface area (Å²) in [5.41, 5.74) is 13.5. The Labute approximate surface area is 162 Å². The van der Waals surface area contributed by atoms with Crippen molar-refractivity contribution in [2.45, 2.75) is 54.0 Å². The lowest BCUT2D eigenvalue weighted by molar-refractivity contribution is -0.132. The van der Waals surface area contributed by atoms with E-state index in [4.69, 9.17) is 10.7 Å². The third-order valence-corrected chi connectivity index (χ3v) is 4.73. The molecule has 0 saturated heterocycles. The molecule has 27 heavy (non-hydrogen) atoms. The van der Waals surface area contributed by atoms with Gasteiger partial charge >= 0.3 is 5.97 Å². The number of nitrogens with two attached hydrogens (primary N) is 1. The van der Waals surface area contributed by atoms with E-state index >= 15 is 0 Å². The Kier molecular flexibility index (Phi) is 6.92. The molecule has 0 aliphatic heterocycles. The first kappa shape index (κ1) is 20.8. The maximum absolute atomic E-state index is 11.6. The van der Waals surface area contributed by atoms with Crippen molar-refractivity contribution in [3.8, 4) is 11.1 Å². The first-order chi connectivity index (χ1) is 12.8. The fraction of sp³-hybridized carbons (Fsp3) is 0.391. The lowest BCUT2D eigenvalue weighted by Crippen LogP contribution is -2.12. The van der Waals surface area contributed by atoms with Crippen LogP contribution in [0.25, 0.3) is 17.2 Å². The zero-order chi connectivity index (χ0) is 20.1. The van der Waals surface area contributed by atoms with Crippen molar-refractivity contribution in [2.24, 2.45) is 11.7 Å². The second kappa shape index (κ2) is 8.96. The SMILES string of the molecule is CCC(=Cc1c(C)nc(CC(C)C)c(CN)c1-c1ccc(C)cc1)C(=O)O. The molecule has 0 saturated carbocycles. The molecule has 0 aliphatic rings. The minimum atomic E-state index is -0.896. The van der Waals surface area contributed by atoms with Gasteiger partial charge in [0, 0.05) is 29.1 Å². The number of aliphatic carboxylic acids is 1. The standard InChI is InChI=1S/C23H30N2O2/c1-6-17(23(26)27)12-19-16(5)25-21(11-14(2)3)20(13-24)22(19)18-9-7-15(4)8-10-18/h7-10,12,14H,6,11,13,24H2,1-5H3,(H,26,27). The molecule has 144 valence electrons. The summed E-state index contributed by atoms with van der Waals surface area (Å²) < 4.78 is 0. The van der Waals surface area contributed by atoms with Gasteiger partial charge in [0.2, 0.25) is 0 Å². The van der Waals surface area contributed by atoms with Gasteiger partial charge in [-0.3, -0.25) is 4.98 Å². The van der Waals surface area contributed by atoms with E-state index in [2.05, 4.69) is 45.0 Å². The summed E-state index contributed by atoms with van der Waals surface area (Å²) in [4.78, 5) is 16.4. The number of hydrogen-bond donors (Lipinski definition) is 2. The first-order valence-corrected chi connectivity index (χ1v) is 9.51. The largest absolute Gasteiger partial charge is 0.478 e. The summed E-state index contributed by atoms with van der Waals surface area (Å²) in [6, 6.07) is 8.29. The van der Waals surface area contributed by atoms with Crippen molar-refractivity contribution in [3.63, 3.8) is 0 Å². The zero-order valence-corrected chi connectivity index (χ0v) is 17.0. The van der Waals surface area contributed by atoms with Crippen LogP contribution in [0, 0.1) is 19.8 Å². The number of benzene rings is 1. The Bertz CT molecular complexity index is 850. The Morgan fingerprint density at radius 3 is 2.33 bits per heavy atom. The van der Waals surface area contributed by atoms with Crippen molar-refractivity contribution in [1.29, 1.82) is 0 Å². The van der Waals surface area contributed by atoms with Crippen molar-refractivity contribution in [2.75, 3.05) is 0 Å². The highest BCUT2D eigenvalue weighted by Gasteiger charge is 2.19. The normalized spacial score (nSPS) is 11.9. The minimum Gasteiger partial charge on any atom is -0.478 e. The van der Waals surface area contributed by atoms with Crippen LogP contribution in [0.1, 0.15) is 55.3 Å². The van der Waals surface area contributed by atoms with Crippen molar-refractivity contribution >= 4 is 12.0 Å². The number of nitrogens with zero attached hydrogens (tertiary/aromatic N) is 1. The Hall–Kier alpha value is -2.46. The van der Waals surface area contributed by atoms with Crippen LogP contribution in [0.4, 0.5) is 0 Å². The van der Waals surface area contributed by atoms with Crippen LogP contribution in [0.5, 0.6) is 0 Å². The van der Waals surface area contributed by atoms with Crippen LogP contribution in [0.3, 0.4) is 0 Å². The van der Waals surface area contributed by atoms with E-state index in [9.17, 15) is 9.90 Å². The molecule has 0 spiro atoms. The summed E-state index contributed by atoms with van der Waals surface area (Å²) >= 11 is 0. The van der Waals surface area contributed by atoms with Crippen LogP contribution in [-0.4, -0.2) is 16.1 Å². The van der Waals surface area contributed by atoms with E-state index in [1.54, 1.807) is 6.08 Å². The number of pyridine rings is 1. The van der Waals surface area contributed by atoms with Crippen molar-refractivity contribution in [1.82, 2.24) is 4.98 Å². The monoisotopic (exact) mass is 366 g/mol. The van der Waals surface area contributed by atoms with Gasteiger partial charge in [-0.25, -0.2) is 4.79 Å². The molecule has 4 nitrogen and oxygen atoms in total. The molecule has 0 fully saturated rings. The lowest BCUT2D eigenvalue weighted by atomic mass is 9.89. The van der Waals surface area contributed by atoms with Crippen molar-refractivity contribution < 1.29 is 9.90 Å². The van der Waals surface area contributed by atoms with Crippen LogP contribution in [0.15, 0.2) is 29.8 Å². The van der Waals surface area contributed by atoms with Crippen LogP contribution in [-0.2, 0) is 17.8 Å². The number of rotatable bonds is 7. The summed E-state index contributed by atoms with van der Waals surface area (Å²) in [7, 11) is 0. The quantitative estimate of drug-likeness (QED) is 0.683. The summed E-state index contributed by atoms with van der Waals surface area (Å²) in [5.74, 6) is -0.438. The molecular weight excluding hydrogens is 336 g/mol.